The van der Waals surface area contributed by atoms with Gasteiger partial charge in [-0.1, -0.05) is 48.6 Å². The predicted molar refractivity (Wildman–Crippen MR) is 88.9 cm³/mol. The van der Waals surface area contributed by atoms with Crippen molar-refractivity contribution in [1.82, 2.24) is 0 Å². The molecule has 0 unspecified atom stereocenters. The van der Waals surface area contributed by atoms with E-state index in [1.807, 2.05) is 0 Å². The van der Waals surface area contributed by atoms with Crippen molar-refractivity contribution in [2.45, 2.75) is 25.7 Å². The van der Waals surface area contributed by atoms with Crippen molar-refractivity contribution in [2.24, 2.45) is 10.8 Å². The number of carbonyl (C=O) groups excluding carboxylic acids is 3. The summed E-state index contributed by atoms with van der Waals surface area (Å²) in [5, 5.41) is 0. The first kappa shape index (κ1) is 17.9. The Morgan fingerprint density at radius 1 is 0.750 bits per heavy atom. The number of hydrogen-bond donors (Lipinski definition) is 0. The zero-order valence-electron chi connectivity index (χ0n) is 14.2. The molecular formula is C19H22O5. The van der Waals surface area contributed by atoms with E-state index >= 15 is 0 Å². The van der Waals surface area contributed by atoms with Crippen LogP contribution >= 0.6 is 0 Å². The van der Waals surface area contributed by atoms with E-state index in [0.29, 0.717) is 22.3 Å². The molecule has 0 amide bonds. The molecule has 0 aliphatic heterocycles. The molecule has 24 heavy (non-hydrogen) atoms. The standard InChI is InChI=1S/C19H22O5/c1-11-7-18(16(21)23-5)9-13(3)14(4)10-19(15(18)20,8-12(11)2)17(22)24-6/h1-4,7-10H2,5-6H3. The van der Waals surface area contributed by atoms with E-state index < -0.39 is 28.6 Å². The number of hydrogen-bond acceptors (Lipinski definition) is 5. The van der Waals surface area contributed by atoms with Crippen LogP contribution in [0.4, 0.5) is 0 Å². The van der Waals surface area contributed by atoms with Gasteiger partial charge in [-0.15, -0.1) is 0 Å². The highest BCUT2D eigenvalue weighted by molar-refractivity contribution is 6.16. The minimum absolute atomic E-state index is 0.0440. The maximum atomic E-state index is 13.5. The van der Waals surface area contributed by atoms with Crippen molar-refractivity contribution in [3.63, 3.8) is 0 Å². The summed E-state index contributed by atoms with van der Waals surface area (Å²) in [6.45, 7) is 15.8. The molecule has 0 aromatic carbocycles. The second-order valence-corrected chi connectivity index (χ2v) is 6.60. The molecule has 0 aromatic heterocycles. The van der Waals surface area contributed by atoms with Crippen LogP contribution in [0.3, 0.4) is 0 Å². The molecule has 0 N–H and O–H groups in total. The highest BCUT2D eigenvalue weighted by Gasteiger charge is 2.63. The minimum atomic E-state index is -1.56. The van der Waals surface area contributed by atoms with Gasteiger partial charge in [-0.05, 0) is 25.7 Å². The van der Waals surface area contributed by atoms with Gasteiger partial charge in [-0.25, -0.2) is 0 Å². The second kappa shape index (κ2) is 5.89. The number of ketones is 1. The van der Waals surface area contributed by atoms with E-state index in [0.717, 1.165) is 0 Å². The Balaban J connectivity index is 2.82. The Bertz CT molecular complexity index is 605. The molecule has 0 aromatic rings. The SMILES string of the molecule is C=C1CC2(C(=O)OC)CC(=C)C(=C)CC(C(=O)OC)(CC1=C)C2=O. The maximum Gasteiger partial charge on any atom is 0.320 e. The van der Waals surface area contributed by atoms with Gasteiger partial charge < -0.3 is 9.47 Å². The Kier molecular flexibility index (Phi) is 4.40. The first-order valence-corrected chi connectivity index (χ1v) is 7.58. The summed E-state index contributed by atoms with van der Waals surface area (Å²) in [5.74, 6) is -1.92. The Labute approximate surface area is 141 Å². The van der Waals surface area contributed by atoms with E-state index in [1.165, 1.54) is 14.2 Å². The van der Waals surface area contributed by atoms with Crippen LogP contribution < -0.4 is 0 Å². The lowest BCUT2D eigenvalue weighted by atomic mass is 9.67. The summed E-state index contributed by atoms with van der Waals surface area (Å²) >= 11 is 0. The van der Waals surface area contributed by atoms with Crippen LogP contribution in [0.2, 0.25) is 0 Å². The smallest absolute Gasteiger partial charge is 0.320 e. The number of allylic oxidation sites excluding steroid dienone is 4. The van der Waals surface area contributed by atoms with Crippen LogP contribution in [-0.2, 0) is 23.9 Å². The van der Waals surface area contributed by atoms with Crippen molar-refractivity contribution in [1.29, 1.82) is 0 Å². The summed E-state index contributed by atoms with van der Waals surface area (Å²) in [6.07, 6.45) is 0.176. The summed E-state index contributed by atoms with van der Waals surface area (Å²) in [5.41, 5.74) is -0.897. The molecule has 0 atom stereocenters. The fraction of sp³-hybridized carbons (Fsp3) is 0.421. The van der Waals surface area contributed by atoms with Gasteiger partial charge in [-0.3, -0.25) is 14.4 Å². The highest BCUT2D eigenvalue weighted by atomic mass is 16.5. The van der Waals surface area contributed by atoms with E-state index in [2.05, 4.69) is 26.3 Å². The molecule has 0 heterocycles. The largest absolute Gasteiger partial charge is 0.468 e. The number of fused-ring (bicyclic) bond motifs is 2. The first-order chi connectivity index (χ1) is 11.1. The average Bonchev–Trinajstić information content (AvgIpc) is 2.68. The molecule has 128 valence electrons. The van der Waals surface area contributed by atoms with Crippen LogP contribution in [0.15, 0.2) is 48.6 Å². The van der Waals surface area contributed by atoms with Crippen LogP contribution in [0, 0.1) is 10.8 Å². The zero-order chi connectivity index (χ0) is 18.3. The van der Waals surface area contributed by atoms with Crippen molar-refractivity contribution < 1.29 is 23.9 Å². The number of methoxy groups -OCH3 is 2. The third-order valence-corrected chi connectivity index (χ3v) is 5.08. The number of carbonyl (C=O) groups is 3. The van der Waals surface area contributed by atoms with Crippen molar-refractivity contribution in [2.75, 3.05) is 14.2 Å². The Morgan fingerprint density at radius 3 is 1.21 bits per heavy atom. The van der Waals surface area contributed by atoms with Crippen molar-refractivity contribution >= 4 is 17.7 Å². The van der Waals surface area contributed by atoms with Gasteiger partial charge in [0.1, 0.15) is 10.8 Å². The molecular weight excluding hydrogens is 308 g/mol. The summed E-state index contributed by atoms with van der Waals surface area (Å²) < 4.78 is 9.84. The quantitative estimate of drug-likeness (QED) is 0.575. The lowest BCUT2D eigenvalue weighted by molar-refractivity contribution is -0.167. The first-order valence-electron chi connectivity index (χ1n) is 7.58. The van der Waals surface area contributed by atoms with Crippen molar-refractivity contribution in [3.8, 4) is 0 Å². The molecule has 5 heteroatoms. The van der Waals surface area contributed by atoms with Crippen LogP contribution in [0.1, 0.15) is 25.7 Å². The van der Waals surface area contributed by atoms with Crippen LogP contribution in [0.25, 0.3) is 0 Å². The van der Waals surface area contributed by atoms with Gasteiger partial charge in [0.2, 0.25) is 0 Å². The zero-order valence-corrected chi connectivity index (χ0v) is 14.2. The van der Waals surface area contributed by atoms with E-state index in [9.17, 15) is 14.4 Å². The topological polar surface area (TPSA) is 69.7 Å². The van der Waals surface area contributed by atoms with Gasteiger partial charge in [0.15, 0.2) is 5.78 Å². The Hall–Kier alpha value is -2.43. The number of ether oxygens (including phenoxy) is 2. The third-order valence-electron chi connectivity index (χ3n) is 5.08. The number of rotatable bonds is 2. The number of Topliss-reactive ketones (excluding diaryl/α,β-unsaturated/α-hetero) is 1. The molecule has 0 spiro atoms. The van der Waals surface area contributed by atoms with Gasteiger partial charge >= 0.3 is 11.9 Å². The monoisotopic (exact) mass is 330 g/mol. The van der Waals surface area contributed by atoms with Crippen LogP contribution in [-0.4, -0.2) is 31.9 Å². The van der Waals surface area contributed by atoms with Gasteiger partial charge in [0.05, 0.1) is 14.2 Å². The normalized spacial score (nSPS) is 30.5. The van der Waals surface area contributed by atoms with E-state index in [4.69, 9.17) is 9.47 Å². The molecule has 2 aliphatic rings. The average molecular weight is 330 g/mol. The summed E-state index contributed by atoms with van der Waals surface area (Å²) in [4.78, 5) is 38.8. The molecule has 2 saturated carbocycles. The molecule has 2 bridgehead atoms. The van der Waals surface area contributed by atoms with Crippen molar-refractivity contribution in [3.05, 3.63) is 48.6 Å². The lowest BCUT2D eigenvalue weighted by Crippen LogP contribution is -2.50. The molecule has 5 nitrogen and oxygen atoms in total. The molecule has 0 saturated heterocycles. The lowest BCUT2D eigenvalue weighted by Gasteiger charge is -2.33. The third kappa shape index (κ3) is 2.35. The molecule has 2 fully saturated rings. The summed E-state index contributed by atoms with van der Waals surface area (Å²) in [7, 11) is 2.43. The van der Waals surface area contributed by atoms with Gasteiger partial charge in [0.25, 0.3) is 0 Å². The fourth-order valence-electron chi connectivity index (χ4n) is 3.73. The Morgan fingerprint density at radius 2 is 1.00 bits per heavy atom. The predicted octanol–water partition coefficient (Wildman–Crippen LogP) is 2.69. The molecule has 2 aliphatic carbocycles. The van der Waals surface area contributed by atoms with E-state index in [-0.39, 0.29) is 25.7 Å². The van der Waals surface area contributed by atoms with Crippen LogP contribution in [0.5, 0.6) is 0 Å². The maximum absolute atomic E-state index is 13.5. The summed E-state index contributed by atoms with van der Waals surface area (Å²) in [6, 6.07) is 0. The molecule has 2 rings (SSSR count). The van der Waals surface area contributed by atoms with E-state index in [1.54, 1.807) is 0 Å². The number of esters is 2. The minimum Gasteiger partial charge on any atom is -0.468 e. The van der Waals surface area contributed by atoms with Gasteiger partial charge in [0, 0.05) is 0 Å². The van der Waals surface area contributed by atoms with Gasteiger partial charge in [-0.2, -0.15) is 0 Å². The molecule has 0 radical (unpaired) electrons. The second-order valence-electron chi connectivity index (χ2n) is 6.60. The fourth-order valence-corrected chi connectivity index (χ4v) is 3.73. The highest BCUT2D eigenvalue weighted by Crippen LogP contribution is 2.54.